The van der Waals surface area contributed by atoms with Gasteiger partial charge in [0.1, 0.15) is 0 Å². The van der Waals surface area contributed by atoms with Crippen LogP contribution in [0, 0.1) is 0 Å². The molecule has 1 aliphatic rings. The highest BCUT2D eigenvalue weighted by Gasteiger charge is 2.34. The molecule has 0 radical (unpaired) electrons. The summed E-state index contributed by atoms with van der Waals surface area (Å²) in [6.07, 6.45) is -4.39. The van der Waals surface area contributed by atoms with Gasteiger partial charge >= 0.3 is 12.1 Å². The third kappa shape index (κ3) is 4.69. The average Bonchev–Trinajstić information content (AvgIpc) is 3.11. The summed E-state index contributed by atoms with van der Waals surface area (Å²) in [6, 6.07) is 9.04. The van der Waals surface area contributed by atoms with Crippen molar-refractivity contribution >= 4 is 17.3 Å². The zero-order chi connectivity index (χ0) is 19.6. The van der Waals surface area contributed by atoms with E-state index in [-0.39, 0.29) is 18.6 Å². The van der Waals surface area contributed by atoms with E-state index >= 15 is 0 Å². The number of aliphatic carboxylic acids is 1. The molecular weight excluding hydrogens is 377 g/mol. The zero-order valence-electron chi connectivity index (χ0n) is 14.8. The maximum absolute atomic E-state index is 13.2. The van der Waals surface area contributed by atoms with E-state index in [2.05, 4.69) is 4.90 Å². The molecule has 2 heterocycles. The van der Waals surface area contributed by atoms with Crippen molar-refractivity contribution in [2.45, 2.75) is 25.2 Å². The number of hydrogen-bond donors (Lipinski definition) is 1. The van der Waals surface area contributed by atoms with Crippen LogP contribution in [0.4, 0.5) is 13.2 Å². The molecule has 1 fully saturated rings. The zero-order valence-corrected chi connectivity index (χ0v) is 15.6. The van der Waals surface area contributed by atoms with Crippen molar-refractivity contribution in [3.8, 4) is 0 Å². The number of alkyl halides is 3. The molecule has 0 aliphatic carbocycles. The molecule has 2 aromatic rings. The summed E-state index contributed by atoms with van der Waals surface area (Å²) in [6.45, 7) is 3.67. The first kappa shape index (κ1) is 19.9. The van der Waals surface area contributed by atoms with Crippen molar-refractivity contribution in [2.24, 2.45) is 0 Å². The lowest BCUT2D eigenvalue weighted by Crippen LogP contribution is -2.54. The molecule has 3 rings (SSSR count). The number of thiophene rings is 1. The lowest BCUT2D eigenvalue weighted by atomic mass is 9.99. The number of benzene rings is 1. The van der Waals surface area contributed by atoms with Crippen LogP contribution >= 0.6 is 11.3 Å². The minimum absolute atomic E-state index is 0.00288. The number of halogens is 3. The molecule has 146 valence electrons. The number of carboxylic acid groups (broad SMARTS) is 1. The highest BCUT2D eigenvalue weighted by molar-refractivity contribution is 7.10. The van der Waals surface area contributed by atoms with E-state index in [4.69, 9.17) is 5.11 Å². The number of carbonyl (C=O) groups is 1. The van der Waals surface area contributed by atoms with Crippen LogP contribution in [0.25, 0.3) is 0 Å². The van der Waals surface area contributed by atoms with Crippen LogP contribution in [0.2, 0.25) is 0 Å². The first-order chi connectivity index (χ1) is 12.8. The predicted octanol–water partition coefficient (Wildman–Crippen LogP) is 3.95. The topological polar surface area (TPSA) is 43.8 Å². The van der Waals surface area contributed by atoms with E-state index in [9.17, 15) is 18.0 Å². The Morgan fingerprint density at radius 3 is 2.67 bits per heavy atom. The van der Waals surface area contributed by atoms with Gasteiger partial charge in [-0.3, -0.25) is 14.6 Å². The summed E-state index contributed by atoms with van der Waals surface area (Å²) in [5.74, 6) is -0.872. The lowest BCUT2D eigenvalue weighted by molar-refractivity contribution is -0.139. The molecule has 8 heteroatoms. The van der Waals surface area contributed by atoms with E-state index in [1.807, 2.05) is 29.3 Å². The maximum atomic E-state index is 13.2. The number of piperazine rings is 1. The summed E-state index contributed by atoms with van der Waals surface area (Å²) >= 11 is 1.51. The van der Waals surface area contributed by atoms with Crippen LogP contribution < -0.4 is 0 Å². The molecule has 0 bridgehead atoms. The Labute approximate surface area is 159 Å². The Bertz CT molecular complexity index is 780. The lowest BCUT2D eigenvalue weighted by Gasteiger charge is -2.42. The highest BCUT2D eigenvalue weighted by Crippen LogP contribution is 2.36. The fourth-order valence-electron chi connectivity index (χ4n) is 3.55. The van der Waals surface area contributed by atoms with E-state index in [1.165, 1.54) is 23.5 Å². The first-order valence-corrected chi connectivity index (χ1v) is 9.54. The van der Waals surface area contributed by atoms with E-state index in [0.29, 0.717) is 25.2 Å². The van der Waals surface area contributed by atoms with E-state index in [1.54, 1.807) is 6.07 Å². The first-order valence-electron chi connectivity index (χ1n) is 8.66. The van der Waals surface area contributed by atoms with Crippen LogP contribution in [-0.2, 0) is 11.0 Å². The van der Waals surface area contributed by atoms with Crippen LogP contribution in [0.1, 0.15) is 29.0 Å². The van der Waals surface area contributed by atoms with Gasteiger partial charge in [0.15, 0.2) is 0 Å². The Balaban J connectivity index is 1.89. The molecule has 2 atom stereocenters. The van der Waals surface area contributed by atoms with Gasteiger partial charge in [-0.2, -0.15) is 13.2 Å². The number of nitrogens with zero attached hydrogens (tertiary/aromatic N) is 2. The SMILES string of the molecule is C[C@H]1CN([C@H](c2cccc(C(F)(F)F)c2)c2cccs2)CCN1CC(=O)O. The molecule has 1 aliphatic heterocycles. The average molecular weight is 398 g/mol. The van der Waals surface area contributed by atoms with Crippen LogP contribution in [0.15, 0.2) is 41.8 Å². The van der Waals surface area contributed by atoms with Gasteiger partial charge in [0.05, 0.1) is 18.2 Å². The quantitative estimate of drug-likeness (QED) is 0.829. The second-order valence-electron chi connectivity index (χ2n) is 6.75. The molecule has 0 unspecified atom stereocenters. The minimum atomic E-state index is -4.39. The van der Waals surface area contributed by atoms with Crippen molar-refractivity contribution in [1.29, 1.82) is 0 Å². The standard InChI is InChI=1S/C19H21F3N2O2S/c1-13-11-24(8-7-23(13)12-17(25)26)18(16-6-3-9-27-16)14-4-2-5-15(10-14)19(20,21)22/h2-6,9-10,13,18H,7-8,11-12H2,1H3,(H,25,26)/t13-,18+/m0/s1. The highest BCUT2D eigenvalue weighted by atomic mass is 32.1. The normalized spacial score (nSPS) is 20.5. The third-order valence-electron chi connectivity index (χ3n) is 4.84. The molecule has 1 saturated heterocycles. The largest absolute Gasteiger partial charge is 0.480 e. The summed E-state index contributed by atoms with van der Waals surface area (Å²) in [4.78, 5) is 16.0. The molecule has 0 amide bonds. The molecule has 1 N–H and O–H groups in total. The smallest absolute Gasteiger partial charge is 0.416 e. The van der Waals surface area contributed by atoms with Crippen LogP contribution in [-0.4, -0.2) is 53.1 Å². The fourth-order valence-corrected chi connectivity index (χ4v) is 4.44. The van der Waals surface area contributed by atoms with Gasteiger partial charge in [-0.15, -0.1) is 11.3 Å². The predicted molar refractivity (Wildman–Crippen MR) is 97.8 cm³/mol. The maximum Gasteiger partial charge on any atom is 0.416 e. The van der Waals surface area contributed by atoms with Gasteiger partial charge in [0.25, 0.3) is 0 Å². The Morgan fingerprint density at radius 2 is 2.07 bits per heavy atom. The Kier molecular flexibility index (Phi) is 5.88. The van der Waals surface area contributed by atoms with Crippen molar-refractivity contribution in [3.05, 3.63) is 57.8 Å². The van der Waals surface area contributed by atoms with E-state index < -0.39 is 17.7 Å². The Hall–Kier alpha value is -1.90. The van der Waals surface area contributed by atoms with Gasteiger partial charge in [-0.1, -0.05) is 18.2 Å². The molecule has 1 aromatic heterocycles. The molecule has 0 spiro atoms. The van der Waals surface area contributed by atoms with Crippen molar-refractivity contribution < 1.29 is 23.1 Å². The monoisotopic (exact) mass is 398 g/mol. The minimum Gasteiger partial charge on any atom is -0.480 e. The second kappa shape index (κ2) is 8.00. The van der Waals surface area contributed by atoms with Gasteiger partial charge in [-0.05, 0) is 36.1 Å². The van der Waals surface area contributed by atoms with Crippen LogP contribution in [0.3, 0.4) is 0 Å². The molecule has 27 heavy (non-hydrogen) atoms. The van der Waals surface area contributed by atoms with Gasteiger partial charge in [-0.25, -0.2) is 0 Å². The summed E-state index contributed by atoms with van der Waals surface area (Å²) in [5.41, 5.74) is -0.0507. The van der Waals surface area contributed by atoms with Crippen molar-refractivity contribution in [3.63, 3.8) is 0 Å². The molecular formula is C19H21F3N2O2S. The molecule has 0 saturated carbocycles. The van der Waals surface area contributed by atoms with Crippen molar-refractivity contribution in [1.82, 2.24) is 9.80 Å². The second-order valence-corrected chi connectivity index (χ2v) is 7.73. The fraction of sp³-hybridized carbons (Fsp3) is 0.421. The Morgan fingerprint density at radius 1 is 1.30 bits per heavy atom. The molecule has 1 aromatic carbocycles. The van der Waals surface area contributed by atoms with Gasteiger partial charge < -0.3 is 5.11 Å². The van der Waals surface area contributed by atoms with Gasteiger partial charge in [0.2, 0.25) is 0 Å². The number of hydrogen-bond acceptors (Lipinski definition) is 4. The third-order valence-corrected chi connectivity index (χ3v) is 5.77. The van der Waals surface area contributed by atoms with Gasteiger partial charge in [0, 0.05) is 30.6 Å². The van der Waals surface area contributed by atoms with Crippen molar-refractivity contribution in [2.75, 3.05) is 26.2 Å². The summed E-state index contributed by atoms with van der Waals surface area (Å²) < 4.78 is 39.5. The van der Waals surface area contributed by atoms with E-state index in [0.717, 1.165) is 10.9 Å². The summed E-state index contributed by atoms with van der Waals surface area (Å²) in [7, 11) is 0. The summed E-state index contributed by atoms with van der Waals surface area (Å²) in [5, 5.41) is 11.0. The van der Waals surface area contributed by atoms with Crippen LogP contribution in [0.5, 0.6) is 0 Å². The number of carboxylic acids is 1. The molecule has 4 nitrogen and oxygen atoms in total. The number of rotatable bonds is 5.